The van der Waals surface area contributed by atoms with E-state index in [4.69, 9.17) is 9.47 Å². The molecule has 4 aromatic rings. The third-order valence-electron chi connectivity index (χ3n) is 8.79. The molecule has 1 saturated carbocycles. The topological polar surface area (TPSA) is 81.5 Å². The molecule has 1 saturated heterocycles. The summed E-state index contributed by atoms with van der Waals surface area (Å²) in [4.78, 5) is 15.8. The molecule has 1 unspecified atom stereocenters. The number of halogens is 1. The first-order chi connectivity index (χ1) is 20.9. The molecule has 9 heteroatoms. The van der Waals surface area contributed by atoms with Crippen molar-refractivity contribution in [1.29, 1.82) is 0 Å². The monoisotopic (exact) mass is 585 g/mol. The summed E-state index contributed by atoms with van der Waals surface area (Å²) >= 11 is 0. The van der Waals surface area contributed by atoms with Crippen molar-refractivity contribution in [2.45, 2.75) is 71.6 Å². The maximum Gasteiger partial charge on any atom is 0.251 e. The van der Waals surface area contributed by atoms with Gasteiger partial charge in [0.1, 0.15) is 22.8 Å². The zero-order valence-corrected chi connectivity index (χ0v) is 25.3. The summed E-state index contributed by atoms with van der Waals surface area (Å²) < 4.78 is 27.7. The van der Waals surface area contributed by atoms with Crippen LogP contribution in [0.25, 0.3) is 22.2 Å². The van der Waals surface area contributed by atoms with Gasteiger partial charge in [0.25, 0.3) is 5.91 Å². The number of carbonyl (C=O) groups is 1. The SMILES string of the molecule is CCOc1cc(CN2CC[C@H]3C(NC(=O)c4ccc5c(c4)nnn5C(C)C)CC[C@H]32)cc(OCC)c1-c1ccc(F)cc1. The fourth-order valence-corrected chi connectivity index (χ4v) is 6.88. The van der Waals surface area contributed by atoms with Gasteiger partial charge in [0.15, 0.2) is 0 Å². The Labute approximate surface area is 252 Å². The lowest BCUT2D eigenvalue weighted by atomic mass is 9.99. The number of fused-ring (bicyclic) bond motifs is 2. The van der Waals surface area contributed by atoms with Crippen molar-refractivity contribution in [2.24, 2.45) is 5.92 Å². The van der Waals surface area contributed by atoms with E-state index < -0.39 is 0 Å². The highest BCUT2D eigenvalue weighted by atomic mass is 19.1. The van der Waals surface area contributed by atoms with Gasteiger partial charge in [0.05, 0.1) is 24.3 Å². The van der Waals surface area contributed by atoms with Gasteiger partial charge in [-0.2, -0.15) is 0 Å². The molecule has 2 fully saturated rings. The predicted molar refractivity (Wildman–Crippen MR) is 165 cm³/mol. The molecule has 0 bridgehead atoms. The van der Waals surface area contributed by atoms with E-state index in [1.54, 1.807) is 12.1 Å². The summed E-state index contributed by atoms with van der Waals surface area (Å²) in [5, 5.41) is 11.9. The zero-order valence-electron chi connectivity index (χ0n) is 25.3. The number of ether oxygens (including phenoxy) is 2. The molecule has 0 spiro atoms. The summed E-state index contributed by atoms with van der Waals surface area (Å²) in [7, 11) is 0. The van der Waals surface area contributed by atoms with E-state index >= 15 is 0 Å². The second-order valence-corrected chi connectivity index (χ2v) is 11.8. The Morgan fingerprint density at radius 1 is 1.00 bits per heavy atom. The molecule has 1 aromatic heterocycles. The van der Waals surface area contributed by atoms with Crippen LogP contribution in [0, 0.1) is 11.7 Å². The van der Waals surface area contributed by atoms with Gasteiger partial charge in [-0.3, -0.25) is 9.69 Å². The smallest absolute Gasteiger partial charge is 0.251 e. The molecule has 1 aliphatic heterocycles. The minimum Gasteiger partial charge on any atom is -0.493 e. The lowest BCUT2D eigenvalue weighted by molar-refractivity contribution is 0.0927. The number of carbonyl (C=O) groups excluding carboxylic acids is 1. The molecule has 8 nitrogen and oxygen atoms in total. The number of benzene rings is 3. The number of rotatable bonds is 10. The van der Waals surface area contributed by atoms with Crippen LogP contribution in [0.4, 0.5) is 4.39 Å². The Hall–Kier alpha value is -3.98. The van der Waals surface area contributed by atoms with Gasteiger partial charge < -0.3 is 14.8 Å². The van der Waals surface area contributed by atoms with Crippen LogP contribution >= 0.6 is 0 Å². The van der Waals surface area contributed by atoms with E-state index in [2.05, 4.69) is 46.5 Å². The van der Waals surface area contributed by atoms with Crippen LogP contribution in [0.15, 0.2) is 54.6 Å². The average molecular weight is 586 g/mol. The van der Waals surface area contributed by atoms with Crippen molar-refractivity contribution >= 4 is 16.9 Å². The van der Waals surface area contributed by atoms with Gasteiger partial charge >= 0.3 is 0 Å². The molecule has 3 aromatic carbocycles. The summed E-state index contributed by atoms with van der Waals surface area (Å²) in [6, 6.07) is 17.0. The largest absolute Gasteiger partial charge is 0.493 e. The van der Waals surface area contributed by atoms with Gasteiger partial charge in [0, 0.05) is 30.2 Å². The van der Waals surface area contributed by atoms with Crippen molar-refractivity contribution in [1.82, 2.24) is 25.2 Å². The molecule has 0 radical (unpaired) electrons. The van der Waals surface area contributed by atoms with Crippen molar-refractivity contribution in [2.75, 3.05) is 19.8 Å². The Kier molecular flexibility index (Phi) is 8.34. The van der Waals surface area contributed by atoms with Crippen LogP contribution in [0.3, 0.4) is 0 Å². The van der Waals surface area contributed by atoms with E-state index in [0.717, 1.165) is 71.6 Å². The highest BCUT2D eigenvalue weighted by molar-refractivity contribution is 5.97. The van der Waals surface area contributed by atoms with Gasteiger partial charge in [-0.25, -0.2) is 9.07 Å². The van der Waals surface area contributed by atoms with E-state index in [1.165, 1.54) is 12.1 Å². The number of hydrogen-bond donors (Lipinski definition) is 1. The van der Waals surface area contributed by atoms with E-state index in [1.807, 2.05) is 36.7 Å². The number of aromatic nitrogens is 3. The third kappa shape index (κ3) is 5.83. The molecule has 2 aliphatic rings. The van der Waals surface area contributed by atoms with E-state index in [0.29, 0.717) is 30.7 Å². The molecule has 1 amide bonds. The van der Waals surface area contributed by atoms with Crippen LogP contribution in [-0.4, -0.2) is 57.6 Å². The van der Waals surface area contributed by atoms with Crippen molar-refractivity contribution < 1.29 is 18.7 Å². The number of amides is 1. The second kappa shape index (κ2) is 12.3. The fourth-order valence-electron chi connectivity index (χ4n) is 6.88. The molecule has 1 aliphatic carbocycles. The zero-order chi connectivity index (χ0) is 30.1. The molecule has 2 heterocycles. The molecular formula is C34H40FN5O3. The lowest BCUT2D eigenvalue weighted by Gasteiger charge is -2.26. The van der Waals surface area contributed by atoms with E-state index in [-0.39, 0.29) is 23.8 Å². The minimum atomic E-state index is -0.275. The van der Waals surface area contributed by atoms with Gasteiger partial charge in [-0.15, -0.1) is 5.10 Å². The first kappa shape index (κ1) is 29.1. The van der Waals surface area contributed by atoms with Crippen LogP contribution in [0.5, 0.6) is 11.5 Å². The van der Waals surface area contributed by atoms with Crippen molar-refractivity contribution in [3.8, 4) is 22.6 Å². The maximum absolute atomic E-state index is 13.7. The summed E-state index contributed by atoms with van der Waals surface area (Å²) in [5.41, 5.74) is 5.12. The lowest BCUT2D eigenvalue weighted by Crippen LogP contribution is -2.39. The Bertz CT molecular complexity index is 1570. The highest BCUT2D eigenvalue weighted by Crippen LogP contribution is 2.43. The number of hydrogen-bond acceptors (Lipinski definition) is 6. The van der Waals surface area contributed by atoms with Gasteiger partial charge in [0.2, 0.25) is 0 Å². The molecule has 226 valence electrons. The van der Waals surface area contributed by atoms with Crippen molar-refractivity contribution in [3.05, 3.63) is 71.5 Å². The number of likely N-dealkylation sites (tertiary alicyclic amines) is 1. The van der Waals surface area contributed by atoms with E-state index in [9.17, 15) is 9.18 Å². The first-order valence-corrected chi connectivity index (χ1v) is 15.4. The summed E-state index contributed by atoms with van der Waals surface area (Å²) in [6.45, 7) is 10.8. The highest BCUT2D eigenvalue weighted by Gasteiger charge is 2.44. The van der Waals surface area contributed by atoms with Crippen LogP contribution < -0.4 is 14.8 Å². The average Bonchev–Trinajstić information content (AvgIpc) is 3.70. The molecule has 1 N–H and O–H groups in total. The number of nitrogens with one attached hydrogen (secondary N) is 1. The normalized spacial score (nSPS) is 20.1. The second-order valence-electron chi connectivity index (χ2n) is 11.8. The predicted octanol–water partition coefficient (Wildman–Crippen LogP) is 6.40. The molecule has 43 heavy (non-hydrogen) atoms. The molecule has 3 atom stereocenters. The quantitative estimate of drug-likeness (QED) is 0.232. The Balaban J connectivity index is 1.17. The third-order valence-corrected chi connectivity index (χ3v) is 8.79. The molecular weight excluding hydrogens is 545 g/mol. The summed E-state index contributed by atoms with van der Waals surface area (Å²) in [5.74, 6) is 1.57. The fraction of sp³-hybridized carbons (Fsp3) is 0.441. The van der Waals surface area contributed by atoms with Crippen molar-refractivity contribution in [3.63, 3.8) is 0 Å². The van der Waals surface area contributed by atoms with Crippen LogP contribution in [-0.2, 0) is 6.54 Å². The standard InChI is InChI=1S/C34H40FN5O3/c1-5-42-31-17-22(18-32(43-6-2)33(31)23-7-10-25(35)11-8-23)20-39-16-15-26-27(12-14-29(26)39)36-34(41)24-9-13-30-28(19-24)37-38-40(30)21(3)4/h7-11,13,17-19,21,26-27,29H,5-6,12,14-16,20H2,1-4H3,(H,36,41)/t26-,27?,29+/m0/s1. The Morgan fingerprint density at radius 2 is 1.72 bits per heavy atom. The summed E-state index contributed by atoms with van der Waals surface area (Å²) in [6.07, 6.45) is 3.05. The number of nitrogens with zero attached hydrogens (tertiary/aromatic N) is 4. The molecule has 6 rings (SSSR count). The van der Waals surface area contributed by atoms with Gasteiger partial charge in [-0.1, -0.05) is 17.3 Å². The van der Waals surface area contributed by atoms with Crippen LogP contribution in [0.2, 0.25) is 0 Å². The Morgan fingerprint density at radius 3 is 2.40 bits per heavy atom. The van der Waals surface area contributed by atoms with Crippen LogP contribution in [0.1, 0.15) is 68.9 Å². The first-order valence-electron chi connectivity index (χ1n) is 15.4. The minimum absolute atomic E-state index is 0.0517. The van der Waals surface area contributed by atoms with Gasteiger partial charge in [-0.05, 0) is 113 Å². The maximum atomic E-state index is 13.7.